The number of anilines is 1. The van der Waals surface area contributed by atoms with Crippen molar-refractivity contribution in [3.8, 4) is 0 Å². The van der Waals surface area contributed by atoms with Crippen LogP contribution in [0.3, 0.4) is 0 Å². The first-order chi connectivity index (χ1) is 10.2. The van der Waals surface area contributed by atoms with Gasteiger partial charge in [-0.3, -0.25) is 0 Å². The average molecular weight is 285 g/mol. The minimum Gasteiger partial charge on any atom is -0.369 e. The van der Waals surface area contributed by atoms with E-state index in [1.54, 1.807) is 0 Å². The van der Waals surface area contributed by atoms with E-state index >= 15 is 0 Å². The van der Waals surface area contributed by atoms with Crippen molar-refractivity contribution in [2.45, 2.75) is 31.2 Å². The highest BCUT2D eigenvalue weighted by Crippen LogP contribution is 2.45. The van der Waals surface area contributed by atoms with E-state index in [1.165, 1.54) is 11.3 Å². The summed E-state index contributed by atoms with van der Waals surface area (Å²) in [6.07, 6.45) is 6.05. The molecule has 1 saturated carbocycles. The Bertz CT molecular complexity index is 537. The van der Waals surface area contributed by atoms with Crippen molar-refractivity contribution in [1.29, 1.82) is 0 Å². The second-order valence-corrected chi connectivity index (χ2v) is 6.25. The molecular weight excluding hydrogens is 262 g/mol. The Labute approximate surface area is 126 Å². The number of nitrogens with zero attached hydrogens (tertiary/aromatic N) is 3. The smallest absolute Gasteiger partial charge is 0.235 e. The highest BCUT2D eigenvalue weighted by molar-refractivity contribution is 5.58. The van der Waals surface area contributed by atoms with E-state index in [0.29, 0.717) is 0 Å². The van der Waals surface area contributed by atoms with Crippen molar-refractivity contribution in [3.05, 3.63) is 29.8 Å². The normalized spacial score (nSPS) is 22.0. The second-order valence-electron chi connectivity index (χ2n) is 6.25. The van der Waals surface area contributed by atoms with Crippen molar-refractivity contribution in [2.24, 2.45) is 4.99 Å². The van der Waals surface area contributed by atoms with Crippen molar-refractivity contribution in [1.82, 2.24) is 4.90 Å². The summed E-state index contributed by atoms with van der Waals surface area (Å²) in [5, 5.41) is 0. The van der Waals surface area contributed by atoms with Crippen LogP contribution in [0.2, 0.25) is 0 Å². The predicted octanol–water partition coefficient (Wildman–Crippen LogP) is 2.54. The van der Waals surface area contributed by atoms with Gasteiger partial charge in [0.1, 0.15) is 5.54 Å². The molecule has 2 aliphatic rings. The SMILES string of the molecule is CN1CCN(c2ccccc2C2(N=C=O)CCCC2)CC1. The van der Waals surface area contributed by atoms with E-state index in [1.807, 2.05) is 6.08 Å². The van der Waals surface area contributed by atoms with Gasteiger partial charge in [-0.05, 0) is 26.0 Å². The molecule has 1 aromatic carbocycles. The van der Waals surface area contributed by atoms with Crippen LogP contribution in [-0.4, -0.2) is 44.2 Å². The standard InChI is InChI=1S/C17H23N3O/c1-19-10-12-20(13-11-19)16-7-3-2-6-15(16)17(18-14-21)8-4-5-9-17/h2-3,6-7H,4-5,8-13H2,1H3. The molecule has 112 valence electrons. The topological polar surface area (TPSA) is 35.9 Å². The molecule has 1 aliphatic carbocycles. The van der Waals surface area contributed by atoms with Crippen LogP contribution >= 0.6 is 0 Å². The maximum absolute atomic E-state index is 11.0. The lowest BCUT2D eigenvalue weighted by atomic mass is 9.87. The molecule has 3 rings (SSSR count). The average Bonchev–Trinajstić information content (AvgIpc) is 2.98. The molecule has 4 heteroatoms. The van der Waals surface area contributed by atoms with Crippen LogP contribution in [0.1, 0.15) is 31.2 Å². The van der Waals surface area contributed by atoms with E-state index < -0.39 is 0 Å². The van der Waals surface area contributed by atoms with Gasteiger partial charge in [0.2, 0.25) is 6.08 Å². The highest BCUT2D eigenvalue weighted by atomic mass is 16.1. The summed E-state index contributed by atoms with van der Waals surface area (Å²) in [5.41, 5.74) is 2.14. The number of piperazine rings is 1. The molecule has 1 aliphatic heterocycles. The van der Waals surface area contributed by atoms with Gasteiger partial charge in [-0.2, -0.15) is 4.99 Å². The molecule has 0 amide bonds. The number of isocyanates is 1. The fraction of sp³-hybridized carbons (Fsp3) is 0.588. The summed E-state index contributed by atoms with van der Waals surface area (Å²) in [4.78, 5) is 20.0. The van der Waals surface area contributed by atoms with E-state index in [-0.39, 0.29) is 5.54 Å². The Hall–Kier alpha value is -1.64. The number of carbonyl (C=O) groups excluding carboxylic acids is 1. The molecule has 0 atom stereocenters. The summed E-state index contributed by atoms with van der Waals surface area (Å²) >= 11 is 0. The lowest BCUT2D eigenvalue weighted by Crippen LogP contribution is -2.45. The van der Waals surface area contributed by atoms with Gasteiger partial charge in [0.05, 0.1) is 0 Å². The Balaban J connectivity index is 1.97. The summed E-state index contributed by atoms with van der Waals surface area (Å²) in [6, 6.07) is 8.49. The van der Waals surface area contributed by atoms with E-state index in [2.05, 4.69) is 46.1 Å². The molecule has 21 heavy (non-hydrogen) atoms. The van der Waals surface area contributed by atoms with Crippen LogP contribution in [-0.2, 0) is 10.3 Å². The quantitative estimate of drug-likeness (QED) is 0.632. The zero-order valence-electron chi connectivity index (χ0n) is 12.7. The van der Waals surface area contributed by atoms with Crippen LogP contribution in [0.4, 0.5) is 5.69 Å². The number of benzene rings is 1. The third-order valence-corrected chi connectivity index (χ3v) is 4.94. The molecule has 0 bridgehead atoms. The minimum atomic E-state index is -0.332. The highest BCUT2D eigenvalue weighted by Gasteiger charge is 2.38. The van der Waals surface area contributed by atoms with Crippen molar-refractivity contribution in [3.63, 3.8) is 0 Å². The number of hydrogen-bond donors (Lipinski definition) is 0. The van der Waals surface area contributed by atoms with E-state index in [4.69, 9.17) is 0 Å². The second kappa shape index (κ2) is 6.00. The Morgan fingerprint density at radius 2 is 1.76 bits per heavy atom. The Kier molecular flexibility index (Phi) is 4.09. The molecular formula is C17H23N3O. The zero-order valence-corrected chi connectivity index (χ0v) is 12.7. The molecule has 0 radical (unpaired) electrons. The van der Waals surface area contributed by atoms with Crippen LogP contribution in [0, 0.1) is 0 Å². The Morgan fingerprint density at radius 1 is 1.10 bits per heavy atom. The summed E-state index contributed by atoms with van der Waals surface area (Å²) in [6.45, 7) is 4.24. The molecule has 0 spiro atoms. The molecule has 4 nitrogen and oxygen atoms in total. The number of para-hydroxylation sites is 1. The molecule has 1 saturated heterocycles. The van der Waals surface area contributed by atoms with Gasteiger partial charge < -0.3 is 9.80 Å². The van der Waals surface area contributed by atoms with Gasteiger partial charge in [0.25, 0.3) is 0 Å². The van der Waals surface area contributed by atoms with Crippen LogP contribution < -0.4 is 4.90 Å². The lowest BCUT2D eigenvalue weighted by molar-refractivity contribution is 0.312. The first-order valence-corrected chi connectivity index (χ1v) is 7.87. The molecule has 0 N–H and O–H groups in total. The number of aliphatic imine (C=N–C) groups is 1. The zero-order chi connectivity index (χ0) is 14.7. The van der Waals surface area contributed by atoms with Crippen molar-refractivity contribution < 1.29 is 4.79 Å². The molecule has 2 fully saturated rings. The maximum Gasteiger partial charge on any atom is 0.235 e. The van der Waals surface area contributed by atoms with Crippen molar-refractivity contribution >= 4 is 11.8 Å². The fourth-order valence-corrected chi connectivity index (χ4v) is 3.68. The van der Waals surface area contributed by atoms with Gasteiger partial charge in [0, 0.05) is 37.4 Å². The molecule has 1 aromatic rings. The third kappa shape index (κ3) is 2.74. The summed E-state index contributed by atoms with van der Waals surface area (Å²) in [7, 11) is 2.17. The van der Waals surface area contributed by atoms with Crippen LogP contribution in [0.25, 0.3) is 0 Å². The monoisotopic (exact) mass is 285 g/mol. The number of likely N-dealkylation sites (N-methyl/N-ethyl adjacent to an activating group) is 1. The van der Waals surface area contributed by atoms with Crippen LogP contribution in [0.5, 0.6) is 0 Å². The van der Waals surface area contributed by atoms with E-state index in [9.17, 15) is 4.79 Å². The van der Waals surface area contributed by atoms with E-state index in [0.717, 1.165) is 51.9 Å². The predicted molar refractivity (Wildman–Crippen MR) is 84.4 cm³/mol. The number of rotatable bonds is 3. The molecule has 1 heterocycles. The van der Waals surface area contributed by atoms with Crippen molar-refractivity contribution in [2.75, 3.05) is 38.1 Å². The van der Waals surface area contributed by atoms with Gasteiger partial charge in [0.15, 0.2) is 0 Å². The van der Waals surface area contributed by atoms with Gasteiger partial charge in [-0.1, -0.05) is 31.0 Å². The summed E-state index contributed by atoms with van der Waals surface area (Å²) < 4.78 is 0. The van der Waals surface area contributed by atoms with Gasteiger partial charge in [-0.15, -0.1) is 0 Å². The first kappa shape index (κ1) is 14.3. The molecule has 0 aromatic heterocycles. The van der Waals surface area contributed by atoms with Gasteiger partial charge >= 0.3 is 0 Å². The Morgan fingerprint density at radius 3 is 2.43 bits per heavy atom. The first-order valence-electron chi connectivity index (χ1n) is 7.87. The largest absolute Gasteiger partial charge is 0.369 e. The summed E-state index contributed by atoms with van der Waals surface area (Å²) in [5.74, 6) is 0. The van der Waals surface area contributed by atoms with Crippen LogP contribution in [0.15, 0.2) is 29.3 Å². The third-order valence-electron chi connectivity index (χ3n) is 4.94. The lowest BCUT2D eigenvalue weighted by Gasteiger charge is -2.37. The maximum atomic E-state index is 11.0. The minimum absolute atomic E-state index is 0.332. The number of hydrogen-bond acceptors (Lipinski definition) is 4. The van der Waals surface area contributed by atoms with Gasteiger partial charge in [-0.25, -0.2) is 4.79 Å². The fourth-order valence-electron chi connectivity index (χ4n) is 3.68. The molecule has 0 unspecified atom stereocenters.